The number of methoxy groups -OCH3 is 1. The maximum atomic E-state index is 5.55. The third-order valence-corrected chi connectivity index (χ3v) is 2.35. The molecule has 0 aliphatic carbocycles. The fourth-order valence-corrected chi connectivity index (χ4v) is 1.93. The topological polar surface area (TPSA) is 18.5 Å². The summed E-state index contributed by atoms with van der Waals surface area (Å²) < 4.78 is 10.9. The van der Waals surface area contributed by atoms with Crippen LogP contribution in [0.2, 0.25) is 0 Å². The average Bonchev–Trinajstić information content (AvgIpc) is 2.34. The van der Waals surface area contributed by atoms with Crippen LogP contribution in [0.3, 0.4) is 0 Å². The van der Waals surface area contributed by atoms with Gasteiger partial charge in [-0.2, -0.15) is 0 Å². The largest absolute Gasteiger partial charge is 0.378 e. The summed E-state index contributed by atoms with van der Waals surface area (Å²) in [6.45, 7) is 8.34. The molecular weight excluding hydrogens is 152 g/mol. The molecule has 2 heteroatoms. The van der Waals surface area contributed by atoms with Crippen LogP contribution in [-0.4, -0.2) is 25.9 Å². The summed E-state index contributed by atoms with van der Waals surface area (Å²) in [5, 5.41) is 0. The Hall–Kier alpha value is -0.0800. The van der Waals surface area contributed by atoms with Crippen molar-refractivity contribution in [2.24, 2.45) is 5.41 Å². The second-order valence-electron chi connectivity index (χ2n) is 4.93. The second kappa shape index (κ2) is 3.35. The first kappa shape index (κ1) is 10.0. The van der Waals surface area contributed by atoms with Crippen LogP contribution in [0.5, 0.6) is 0 Å². The molecule has 0 N–H and O–H groups in total. The molecule has 1 saturated heterocycles. The lowest BCUT2D eigenvalue weighted by Crippen LogP contribution is -2.36. The Morgan fingerprint density at radius 2 is 2.08 bits per heavy atom. The minimum Gasteiger partial charge on any atom is -0.378 e. The van der Waals surface area contributed by atoms with Gasteiger partial charge in [-0.05, 0) is 11.8 Å². The highest BCUT2D eigenvalue weighted by Gasteiger charge is 2.38. The highest BCUT2D eigenvalue weighted by atomic mass is 16.5. The van der Waals surface area contributed by atoms with E-state index in [1.165, 1.54) is 0 Å². The summed E-state index contributed by atoms with van der Waals surface area (Å²) in [6.07, 6.45) is 2.12. The van der Waals surface area contributed by atoms with Gasteiger partial charge in [-0.25, -0.2) is 0 Å². The minimum absolute atomic E-state index is 0.00174. The second-order valence-corrected chi connectivity index (χ2v) is 4.93. The van der Waals surface area contributed by atoms with Gasteiger partial charge >= 0.3 is 0 Å². The van der Waals surface area contributed by atoms with Crippen LogP contribution in [0.1, 0.15) is 33.6 Å². The summed E-state index contributed by atoms with van der Waals surface area (Å²) in [4.78, 5) is 0. The van der Waals surface area contributed by atoms with E-state index in [4.69, 9.17) is 9.47 Å². The molecule has 1 heterocycles. The first-order valence-corrected chi connectivity index (χ1v) is 4.60. The number of rotatable bonds is 2. The first-order chi connectivity index (χ1) is 5.47. The highest BCUT2D eigenvalue weighted by Crippen LogP contribution is 2.35. The van der Waals surface area contributed by atoms with E-state index in [-0.39, 0.29) is 5.60 Å². The van der Waals surface area contributed by atoms with Crippen molar-refractivity contribution in [2.75, 3.05) is 20.3 Å². The third-order valence-electron chi connectivity index (χ3n) is 2.35. The molecule has 0 amide bonds. The van der Waals surface area contributed by atoms with Crippen LogP contribution in [0.4, 0.5) is 0 Å². The lowest BCUT2D eigenvalue weighted by atomic mass is 9.81. The van der Waals surface area contributed by atoms with Crippen LogP contribution in [0.25, 0.3) is 0 Å². The molecule has 0 aromatic carbocycles. The lowest BCUT2D eigenvalue weighted by Gasteiger charge is -2.32. The maximum Gasteiger partial charge on any atom is 0.0937 e. The van der Waals surface area contributed by atoms with Gasteiger partial charge in [0.15, 0.2) is 0 Å². The zero-order valence-electron chi connectivity index (χ0n) is 8.64. The van der Waals surface area contributed by atoms with Gasteiger partial charge in [-0.3, -0.25) is 0 Å². The van der Waals surface area contributed by atoms with Crippen molar-refractivity contribution in [3.63, 3.8) is 0 Å². The van der Waals surface area contributed by atoms with E-state index in [2.05, 4.69) is 20.8 Å². The summed E-state index contributed by atoms with van der Waals surface area (Å²) in [5.41, 5.74) is 0.321. The molecule has 0 bridgehead atoms. The predicted molar refractivity (Wildman–Crippen MR) is 49.2 cm³/mol. The monoisotopic (exact) mass is 172 g/mol. The summed E-state index contributed by atoms with van der Waals surface area (Å²) in [6, 6.07) is 0. The molecular formula is C10H20O2. The Balaban J connectivity index is 2.55. The lowest BCUT2D eigenvalue weighted by molar-refractivity contribution is -0.0438. The van der Waals surface area contributed by atoms with E-state index in [0.717, 1.165) is 26.1 Å². The number of ether oxygens (including phenoxy) is 2. The van der Waals surface area contributed by atoms with Gasteiger partial charge in [-0.15, -0.1) is 0 Å². The molecule has 1 atom stereocenters. The molecule has 0 aromatic rings. The van der Waals surface area contributed by atoms with Gasteiger partial charge in [0.25, 0.3) is 0 Å². The predicted octanol–water partition coefficient (Wildman–Crippen LogP) is 2.23. The molecule has 0 aromatic heterocycles. The fourth-order valence-electron chi connectivity index (χ4n) is 1.93. The summed E-state index contributed by atoms with van der Waals surface area (Å²) in [7, 11) is 1.79. The van der Waals surface area contributed by atoms with Crippen molar-refractivity contribution in [1.29, 1.82) is 0 Å². The van der Waals surface area contributed by atoms with E-state index < -0.39 is 0 Å². The normalized spacial score (nSPS) is 31.0. The Morgan fingerprint density at radius 3 is 2.42 bits per heavy atom. The van der Waals surface area contributed by atoms with Crippen LogP contribution >= 0.6 is 0 Å². The molecule has 1 unspecified atom stereocenters. The zero-order valence-corrected chi connectivity index (χ0v) is 8.64. The molecule has 2 nitrogen and oxygen atoms in total. The van der Waals surface area contributed by atoms with Gasteiger partial charge in [0.1, 0.15) is 0 Å². The molecule has 12 heavy (non-hydrogen) atoms. The highest BCUT2D eigenvalue weighted by molar-refractivity contribution is 4.88. The van der Waals surface area contributed by atoms with Crippen molar-refractivity contribution < 1.29 is 9.47 Å². The van der Waals surface area contributed by atoms with E-state index in [1.54, 1.807) is 7.11 Å². The van der Waals surface area contributed by atoms with E-state index in [9.17, 15) is 0 Å². The molecule has 72 valence electrons. The summed E-state index contributed by atoms with van der Waals surface area (Å²) >= 11 is 0. The standard InChI is InChI=1S/C10H20O2/c1-9(2,3)7-10(11-4)5-6-12-8-10/h5-8H2,1-4H3. The molecule has 0 spiro atoms. The smallest absolute Gasteiger partial charge is 0.0937 e. The van der Waals surface area contributed by atoms with Crippen molar-refractivity contribution >= 4 is 0 Å². The maximum absolute atomic E-state index is 5.55. The Kier molecular flexibility index (Phi) is 2.79. The molecule has 1 aliphatic rings. The fraction of sp³-hybridized carbons (Fsp3) is 1.00. The van der Waals surface area contributed by atoms with E-state index >= 15 is 0 Å². The molecule has 1 aliphatic heterocycles. The third kappa shape index (κ3) is 2.46. The van der Waals surface area contributed by atoms with Gasteiger partial charge < -0.3 is 9.47 Å². The van der Waals surface area contributed by atoms with Gasteiger partial charge in [0.2, 0.25) is 0 Å². The van der Waals surface area contributed by atoms with E-state index in [0.29, 0.717) is 5.41 Å². The molecule has 1 rings (SSSR count). The Morgan fingerprint density at radius 1 is 1.42 bits per heavy atom. The first-order valence-electron chi connectivity index (χ1n) is 4.60. The van der Waals surface area contributed by atoms with Crippen LogP contribution in [-0.2, 0) is 9.47 Å². The number of hydrogen-bond donors (Lipinski definition) is 0. The zero-order chi connectivity index (χ0) is 9.24. The summed E-state index contributed by atoms with van der Waals surface area (Å²) in [5.74, 6) is 0. The minimum atomic E-state index is -0.00174. The SMILES string of the molecule is COC1(CC(C)(C)C)CCOC1. The van der Waals surface area contributed by atoms with Crippen molar-refractivity contribution in [1.82, 2.24) is 0 Å². The molecule has 0 radical (unpaired) electrons. The Bertz CT molecular complexity index is 140. The van der Waals surface area contributed by atoms with Gasteiger partial charge in [0.05, 0.1) is 12.2 Å². The van der Waals surface area contributed by atoms with Crippen LogP contribution in [0.15, 0.2) is 0 Å². The van der Waals surface area contributed by atoms with Crippen molar-refractivity contribution in [3.05, 3.63) is 0 Å². The molecule has 1 fully saturated rings. The Labute approximate surface area is 75.2 Å². The van der Waals surface area contributed by atoms with Gasteiger partial charge in [-0.1, -0.05) is 20.8 Å². The van der Waals surface area contributed by atoms with Gasteiger partial charge in [0, 0.05) is 20.1 Å². The quantitative estimate of drug-likeness (QED) is 0.636. The van der Waals surface area contributed by atoms with Crippen molar-refractivity contribution in [2.45, 2.75) is 39.2 Å². The molecule has 0 saturated carbocycles. The average molecular weight is 172 g/mol. The van der Waals surface area contributed by atoms with Crippen LogP contribution in [0, 0.1) is 5.41 Å². The van der Waals surface area contributed by atoms with Crippen molar-refractivity contribution in [3.8, 4) is 0 Å². The van der Waals surface area contributed by atoms with Crippen LogP contribution < -0.4 is 0 Å². The number of hydrogen-bond acceptors (Lipinski definition) is 2. The van der Waals surface area contributed by atoms with E-state index in [1.807, 2.05) is 0 Å².